The minimum Gasteiger partial charge on any atom is -0.478 e. The zero-order valence-electron chi connectivity index (χ0n) is 17.7. The Bertz CT molecular complexity index is 1030. The van der Waals surface area contributed by atoms with Crippen LogP contribution in [0.25, 0.3) is 11.1 Å². The summed E-state index contributed by atoms with van der Waals surface area (Å²) in [7, 11) is 0. The number of benzene rings is 2. The highest BCUT2D eigenvalue weighted by molar-refractivity contribution is 5.88. The highest BCUT2D eigenvalue weighted by Gasteiger charge is 2.55. The molecule has 32 heavy (non-hydrogen) atoms. The lowest BCUT2D eigenvalue weighted by Crippen LogP contribution is -2.44. The fraction of sp³-hybridized carbons (Fsp3) is 0.440. The average molecular weight is 441 g/mol. The monoisotopic (exact) mass is 441 g/mol. The quantitative estimate of drug-likeness (QED) is 0.753. The molecule has 7 heteroatoms. The molecule has 0 bridgehead atoms. The van der Waals surface area contributed by atoms with Crippen molar-refractivity contribution in [2.45, 2.75) is 44.1 Å². The van der Waals surface area contributed by atoms with Crippen LogP contribution in [0.15, 0.2) is 36.4 Å². The Balaban J connectivity index is 1.26. The van der Waals surface area contributed by atoms with Crippen LogP contribution in [0.1, 0.15) is 53.9 Å². The zero-order valence-corrected chi connectivity index (χ0v) is 17.7. The highest BCUT2D eigenvalue weighted by atomic mass is 19.1. The van der Waals surface area contributed by atoms with Gasteiger partial charge in [-0.15, -0.1) is 0 Å². The number of nitrogens with zero attached hydrogens (tertiary/aromatic N) is 1. The van der Waals surface area contributed by atoms with Gasteiger partial charge in [-0.2, -0.15) is 0 Å². The molecule has 1 N–H and O–H groups in total. The molecule has 1 amide bonds. The summed E-state index contributed by atoms with van der Waals surface area (Å²) in [6, 6.07) is 8.89. The number of carbonyl (C=O) groups excluding carboxylic acids is 1. The molecule has 2 atom stereocenters. The van der Waals surface area contributed by atoms with Crippen LogP contribution in [0.5, 0.6) is 0 Å². The zero-order chi connectivity index (χ0) is 22.5. The van der Waals surface area contributed by atoms with E-state index < -0.39 is 23.2 Å². The Kier molecular flexibility index (Phi) is 5.24. The number of ether oxygens (including phenoxy) is 1. The van der Waals surface area contributed by atoms with Crippen molar-refractivity contribution in [2.75, 3.05) is 19.7 Å². The van der Waals surface area contributed by atoms with Crippen molar-refractivity contribution in [3.63, 3.8) is 0 Å². The molecular formula is C25H25F2NO4. The molecular weight excluding hydrogens is 416 g/mol. The maximum absolute atomic E-state index is 14.4. The molecule has 0 unspecified atom stereocenters. The molecule has 2 saturated heterocycles. The van der Waals surface area contributed by atoms with Crippen LogP contribution >= 0.6 is 0 Å². The predicted octanol–water partition coefficient (Wildman–Crippen LogP) is 4.61. The number of hydrogen-bond donors (Lipinski definition) is 1. The largest absolute Gasteiger partial charge is 0.478 e. The van der Waals surface area contributed by atoms with Gasteiger partial charge < -0.3 is 14.7 Å². The molecule has 1 aliphatic carbocycles. The third kappa shape index (κ3) is 3.68. The van der Waals surface area contributed by atoms with Crippen LogP contribution in [0.3, 0.4) is 0 Å². The van der Waals surface area contributed by atoms with Crippen LogP contribution in [-0.2, 0) is 9.53 Å². The minimum absolute atomic E-state index is 0.122. The topological polar surface area (TPSA) is 66.8 Å². The van der Waals surface area contributed by atoms with Crippen LogP contribution in [0.4, 0.5) is 8.78 Å². The first kappa shape index (κ1) is 21.1. The summed E-state index contributed by atoms with van der Waals surface area (Å²) in [6.45, 7) is 2.17. The van der Waals surface area contributed by atoms with Gasteiger partial charge in [-0.25, -0.2) is 13.6 Å². The molecule has 3 fully saturated rings. The van der Waals surface area contributed by atoms with Crippen molar-refractivity contribution >= 4 is 11.9 Å². The average Bonchev–Trinajstić information content (AvgIpc) is 3.20. The Morgan fingerprint density at radius 2 is 1.72 bits per heavy atom. The van der Waals surface area contributed by atoms with Crippen molar-refractivity contribution < 1.29 is 28.2 Å². The van der Waals surface area contributed by atoms with Crippen molar-refractivity contribution in [1.82, 2.24) is 4.90 Å². The first-order valence-corrected chi connectivity index (χ1v) is 11.1. The van der Waals surface area contributed by atoms with Gasteiger partial charge in [-0.05, 0) is 66.7 Å². The molecule has 3 aliphatic rings. The highest BCUT2D eigenvalue weighted by Crippen LogP contribution is 2.65. The van der Waals surface area contributed by atoms with Crippen molar-refractivity contribution in [3.05, 3.63) is 59.2 Å². The number of piperidine rings is 1. The summed E-state index contributed by atoms with van der Waals surface area (Å²) in [5, 5.41) is 8.96. The van der Waals surface area contributed by atoms with E-state index in [-0.39, 0.29) is 23.0 Å². The number of halogens is 2. The summed E-state index contributed by atoms with van der Waals surface area (Å²) in [6.07, 6.45) is 4.47. The maximum Gasteiger partial charge on any atom is 0.335 e. The number of rotatable bonds is 4. The van der Waals surface area contributed by atoms with E-state index in [0.29, 0.717) is 18.1 Å². The van der Waals surface area contributed by atoms with Crippen molar-refractivity contribution in [3.8, 4) is 11.1 Å². The molecule has 1 spiro atoms. The Hall–Kier alpha value is -2.80. The Morgan fingerprint density at radius 1 is 1.06 bits per heavy atom. The number of likely N-dealkylation sites (tertiary alicyclic amines) is 1. The summed E-state index contributed by atoms with van der Waals surface area (Å²) in [5.41, 5.74) is 1.09. The molecule has 0 radical (unpaired) electrons. The molecule has 168 valence electrons. The van der Waals surface area contributed by atoms with Crippen molar-refractivity contribution in [1.29, 1.82) is 0 Å². The molecule has 5 rings (SSSR count). The van der Waals surface area contributed by atoms with E-state index in [1.54, 1.807) is 12.1 Å². The second kappa shape index (κ2) is 7.96. The number of hydrogen-bond acceptors (Lipinski definition) is 3. The molecule has 2 aliphatic heterocycles. The van der Waals surface area contributed by atoms with E-state index in [4.69, 9.17) is 9.84 Å². The number of carboxylic acids is 1. The molecule has 1 saturated carbocycles. The van der Waals surface area contributed by atoms with Gasteiger partial charge in [0.1, 0.15) is 17.7 Å². The second-order valence-corrected chi connectivity index (χ2v) is 9.19. The fourth-order valence-corrected chi connectivity index (χ4v) is 5.37. The second-order valence-electron chi connectivity index (χ2n) is 9.19. The summed E-state index contributed by atoms with van der Waals surface area (Å²) < 4.78 is 34.3. The van der Waals surface area contributed by atoms with E-state index in [1.165, 1.54) is 0 Å². The van der Waals surface area contributed by atoms with Gasteiger partial charge in [0.05, 0.1) is 11.1 Å². The lowest BCUT2D eigenvalue weighted by atomic mass is 9.88. The number of amides is 1. The molecule has 2 heterocycles. The number of carboxylic acid groups (broad SMARTS) is 1. The standard InChI is InChI=1S/C25H25F2NO4/c26-19-12-17(24(30)31)13-20(27)22(19)16-5-3-15(4-6-16)18-14-25(18)7-9-28(10-8-25)23(29)21-2-1-11-32-21/h3-6,12-13,18,21H,1-2,7-11,14H2,(H,30,31)/t18-,21-/m1/s1. The van der Waals surface area contributed by atoms with Gasteiger partial charge in [0.25, 0.3) is 5.91 Å². The smallest absolute Gasteiger partial charge is 0.335 e. The normalized spacial score (nSPS) is 24.0. The SMILES string of the molecule is O=C(O)c1cc(F)c(-c2ccc([C@H]3CC34CCN(C(=O)[C@H]3CCCO3)CC4)cc2)c(F)c1. The Morgan fingerprint density at radius 3 is 2.28 bits per heavy atom. The maximum atomic E-state index is 14.4. The third-order valence-electron chi connectivity index (χ3n) is 7.36. The molecule has 5 nitrogen and oxygen atoms in total. The van der Waals surface area contributed by atoms with Crippen LogP contribution < -0.4 is 0 Å². The lowest BCUT2D eigenvalue weighted by molar-refractivity contribution is -0.142. The lowest BCUT2D eigenvalue weighted by Gasteiger charge is -2.34. The summed E-state index contributed by atoms with van der Waals surface area (Å²) in [5.74, 6) is -2.63. The predicted molar refractivity (Wildman–Crippen MR) is 113 cm³/mol. The van der Waals surface area contributed by atoms with Gasteiger partial charge in [0.15, 0.2) is 0 Å². The van der Waals surface area contributed by atoms with E-state index >= 15 is 0 Å². The molecule has 2 aromatic carbocycles. The van der Waals surface area contributed by atoms with Crippen LogP contribution in [0.2, 0.25) is 0 Å². The summed E-state index contributed by atoms with van der Waals surface area (Å²) >= 11 is 0. The van der Waals surface area contributed by atoms with Gasteiger partial charge in [0, 0.05) is 19.7 Å². The van der Waals surface area contributed by atoms with E-state index in [1.807, 2.05) is 17.0 Å². The minimum atomic E-state index is -1.37. The molecule has 2 aromatic rings. The number of aromatic carboxylic acids is 1. The van der Waals surface area contributed by atoms with E-state index in [2.05, 4.69) is 0 Å². The van der Waals surface area contributed by atoms with Gasteiger partial charge in [0.2, 0.25) is 0 Å². The summed E-state index contributed by atoms with van der Waals surface area (Å²) in [4.78, 5) is 25.5. The fourth-order valence-electron chi connectivity index (χ4n) is 5.37. The van der Waals surface area contributed by atoms with Gasteiger partial charge in [-0.1, -0.05) is 24.3 Å². The van der Waals surface area contributed by atoms with Gasteiger partial charge in [-0.3, -0.25) is 4.79 Å². The van der Waals surface area contributed by atoms with Crippen molar-refractivity contribution in [2.24, 2.45) is 5.41 Å². The van der Waals surface area contributed by atoms with Crippen LogP contribution in [0, 0.1) is 17.0 Å². The third-order valence-corrected chi connectivity index (χ3v) is 7.36. The van der Waals surface area contributed by atoms with Crippen LogP contribution in [-0.4, -0.2) is 47.7 Å². The van der Waals surface area contributed by atoms with E-state index in [9.17, 15) is 18.4 Å². The first-order valence-electron chi connectivity index (χ1n) is 11.1. The Labute approximate surface area is 185 Å². The molecule has 0 aromatic heterocycles. The first-order chi connectivity index (χ1) is 15.4. The van der Waals surface area contributed by atoms with Gasteiger partial charge >= 0.3 is 5.97 Å². The van der Waals surface area contributed by atoms with E-state index in [0.717, 1.165) is 62.9 Å². The number of carbonyl (C=O) groups is 2.